The molecule has 2 heteroatoms. The molecule has 0 bridgehead atoms. The first-order valence-corrected chi connectivity index (χ1v) is 12.6. The summed E-state index contributed by atoms with van der Waals surface area (Å²) in [7, 11) is 0. The maximum atomic E-state index is 12.1. The molecule has 0 aromatic carbocycles. The van der Waals surface area contributed by atoms with Gasteiger partial charge in [-0.1, -0.05) is 44.6 Å². The van der Waals surface area contributed by atoms with Crippen LogP contribution < -0.4 is 5.32 Å². The Balaban J connectivity index is 1.35. The van der Waals surface area contributed by atoms with Crippen molar-refractivity contribution < 1.29 is 5.11 Å². The third-order valence-corrected chi connectivity index (χ3v) is 10.6. The Morgan fingerprint density at radius 1 is 0.931 bits per heavy atom. The van der Waals surface area contributed by atoms with Crippen LogP contribution >= 0.6 is 0 Å². The van der Waals surface area contributed by atoms with Crippen molar-refractivity contribution >= 4 is 0 Å². The highest BCUT2D eigenvalue weighted by Gasteiger charge is 2.63. The van der Waals surface area contributed by atoms with E-state index in [0.29, 0.717) is 23.2 Å². The zero-order chi connectivity index (χ0) is 20.3. The van der Waals surface area contributed by atoms with Crippen molar-refractivity contribution in [3.05, 3.63) is 24.3 Å². The minimum atomic E-state index is -0.543. The highest BCUT2D eigenvalue weighted by Crippen LogP contribution is 2.68. The predicted octanol–water partition coefficient (Wildman–Crippen LogP) is 5.87. The number of piperidine rings is 1. The Morgan fingerprint density at radius 3 is 2.48 bits per heavy atom. The van der Waals surface area contributed by atoms with Crippen molar-refractivity contribution in [2.75, 3.05) is 13.1 Å². The summed E-state index contributed by atoms with van der Waals surface area (Å²) in [5, 5.41) is 15.5. The maximum Gasteiger partial charge on any atom is 0.0746 e. The number of fused-ring (bicyclic) bond motifs is 5. The molecule has 0 aromatic heterocycles. The first-order chi connectivity index (χ1) is 13.8. The summed E-state index contributed by atoms with van der Waals surface area (Å²) in [6, 6.07) is 0. The third-order valence-electron chi connectivity index (χ3n) is 10.6. The van der Waals surface area contributed by atoms with E-state index in [1.165, 1.54) is 63.4 Å². The molecule has 1 heterocycles. The molecule has 0 spiro atoms. The lowest BCUT2D eigenvalue weighted by Crippen LogP contribution is -2.62. The molecule has 1 aliphatic heterocycles. The van der Waals surface area contributed by atoms with Crippen molar-refractivity contribution in [1.82, 2.24) is 5.32 Å². The number of aliphatic hydroxyl groups is 1. The maximum absolute atomic E-state index is 12.1. The molecular formula is C27H43NO. The molecule has 0 amide bonds. The fourth-order valence-corrected chi connectivity index (χ4v) is 8.71. The Bertz CT molecular complexity index is 678. The first-order valence-electron chi connectivity index (χ1n) is 12.6. The minimum Gasteiger partial charge on any atom is -0.389 e. The van der Waals surface area contributed by atoms with Gasteiger partial charge in [-0.15, -0.1) is 0 Å². The van der Waals surface area contributed by atoms with Gasteiger partial charge in [0.05, 0.1) is 5.60 Å². The molecule has 1 saturated heterocycles. The topological polar surface area (TPSA) is 32.3 Å². The molecule has 5 aliphatic rings. The fraction of sp³-hybridized carbons (Fsp3) is 0.852. The van der Waals surface area contributed by atoms with Gasteiger partial charge in [0.1, 0.15) is 0 Å². The Labute approximate surface area is 178 Å². The van der Waals surface area contributed by atoms with Crippen molar-refractivity contribution in [2.45, 2.75) is 90.1 Å². The summed E-state index contributed by atoms with van der Waals surface area (Å²) >= 11 is 0. The zero-order valence-corrected chi connectivity index (χ0v) is 18.9. The van der Waals surface area contributed by atoms with Crippen LogP contribution in [0.1, 0.15) is 84.5 Å². The van der Waals surface area contributed by atoms with Gasteiger partial charge in [0.2, 0.25) is 0 Å². The standard InChI is InChI=1S/C27H43NO/c1-19-17-27(29)18-21(7-6-20-10-15-28-16-11-20)8-14-26(27,3)23-9-13-25(2)12-4-5-22(25)24(19)23/h6-7,20-24,28-29H,1,4-5,8-18H2,2-3H3/b7-6-/t21-,22+,23+,24+,25+,26-,27-/m1/s1. The van der Waals surface area contributed by atoms with Crippen molar-refractivity contribution in [1.29, 1.82) is 0 Å². The van der Waals surface area contributed by atoms with Crippen molar-refractivity contribution in [2.24, 2.45) is 40.4 Å². The van der Waals surface area contributed by atoms with Crippen LogP contribution in [-0.4, -0.2) is 23.8 Å². The summed E-state index contributed by atoms with van der Waals surface area (Å²) in [5.74, 6) is 3.44. The average Bonchev–Trinajstić information content (AvgIpc) is 3.10. The third kappa shape index (κ3) is 3.19. The van der Waals surface area contributed by atoms with Gasteiger partial charge in [0, 0.05) is 5.41 Å². The Hall–Kier alpha value is -0.600. The second-order valence-corrected chi connectivity index (χ2v) is 12.1. The minimum absolute atomic E-state index is 0.0852. The van der Waals surface area contributed by atoms with E-state index in [2.05, 4.69) is 37.9 Å². The summed E-state index contributed by atoms with van der Waals surface area (Å²) in [4.78, 5) is 0. The van der Waals surface area contributed by atoms with Crippen LogP contribution in [0.15, 0.2) is 24.3 Å². The summed E-state index contributed by atoms with van der Waals surface area (Å²) in [5.41, 5.74) is 1.49. The highest BCUT2D eigenvalue weighted by atomic mass is 16.3. The lowest BCUT2D eigenvalue weighted by Gasteiger charge is -2.64. The zero-order valence-electron chi connectivity index (χ0n) is 18.9. The van der Waals surface area contributed by atoms with Crippen LogP contribution in [0.25, 0.3) is 0 Å². The van der Waals surface area contributed by atoms with Crippen LogP contribution in [0.4, 0.5) is 0 Å². The van der Waals surface area contributed by atoms with Gasteiger partial charge in [0.25, 0.3) is 0 Å². The highest BCUT2D eigenvalue weighted by molar-refractivity contribution is 5.25. The van der Waals surface area contributed by atoms with Crippen LogP contribution in [0.2, 0.25) is 0 Å². The predicted molar refractivity (Wildman–Crippen MR) is 121 cm³/mol. The van der Waals surface area contributed by atoms with Crippen LogP contribution in [0.3, 0.4) is 0 Å². The molecule has 4 aliphatic carbocycles. The molecule has 2 nitrogen and oxygen atoms in total. The molecule has 2 N–H and O–H groups in total. The summed E-state index contributed by atoms with van der Waals surface area (Å²) in [6.45, 7) is 11.9. The summed E-state index contributed by atoms with van der Waals surface area (Å²) < 4.78 is 0. The van der Waals surface area contributed by atoms with Crippen LogP contribution in [-0.2, 0) is 0 Å². The van der Waals surface area contributed by atoms with Crippen LogP contribution in [0, 0.1) is 40.4 Å². The number of allylic oxidation sites excluding steroid dienone is 2. The number of hydrogen-bond acceptors (Lipinski definition) is 2. The van der Waals surface area contributed by atoms with E-state index in [1.807, 2.05) is 0 Å². The van der Waals surface area contributed by atoms with E-state index in [1.54, 1.807) is 0 Å². The lowest BCUT2D eigenvalue weighted by molar-refractivity contribution is -0.189. The van der Waals surface area contributed by atoms with E-state index in [-0.39, 0.29) is 5.41 Å². The number of nitrogens with one attached hydrogen (secondary N) is 1. The van der Waals surface area contributed by atoms with E-state index in [9.17, 15) is 5.11 Å². The largest absolute Gasteiger partial charge is 0.389 e. The second kappa shape index (κ2) is 7.23. The molecule has 5 fully saturated rings. The molecule has 0 aromatic rings. The van der Waals surface area contributed by atoms with E-state index in [4.69, 9.17) is 0 Å². The molecule has 162 valence electrons. The van der Waals surface area contributed by atoms with Gasteiger partial charge in [-0.25, -0.2) is 0 Å². The van der Waals surface area contributed by atoms with Gasteiger partial charge in [-0.2, -0.15) is 0 Å². The van der Waals surface area contributed by atoms with E-state index < -0.39 is 5.60 Å². The number of hydrogen-bond donors (Lipinski definition) is 2. The molecule has 4 saturated carbocycles. The molecule has 29 heavy (non-hydrogen) atoms. The average molecular weight is 398 g/mol. The van der Waals surface area contributed by atoms with E-state index >= 15 is 0 Å². The quantitative estimate of drug-likeness (QED) is 0.571. The molecule has 7 atom stereocenters. The smallest absolute Gasteiger partial charge is 0.0746 e. The van der Waals surface area contributed by atoms with Gasteiger partial charge in [0.15, 0.2) is 0 Å². The second-order valence-electron chi connectivity index (χ2n) is 12.1. The summed E-state index contributed by atoms with van der Waals surface area (Å²) in [6.07, 6.45) is 18.7. The fourth-order valence-electron chi connectivity index (χ4n) is 8.71. The van der Waals surface area contributed by atoms with Gasteiger partial charge >= 0.3 is 0 Å². The van der Waals surface area contributed by atoms with Crippen molar-refractivity contribution in [3.8, 4) is 0 Å². The van der Waals surface area contributed by atoms with Crippen molar-refractivity contribution in [3.63, 3.8) is 0 Å². The molecular weight excluding hydrogens is 354 g/mol. The van der Waals surface area contributed by atoms with E-state index in [0.717, 1.165) is 37.8 Å². The SMILES string of the molecule is C=C1C[C@@]2(O)C[C@H](/C=C\C3CCNCC3)CC[C@]2(C)[C@H]2CC[C@]3(C)CCC[C@H]3[C@H]12. The van der Waals surface area contributed by atoms with Crippen LogP contribution in [0.5, 0.6) is 0 Å². The molecule has 0 radical (unpaired) electrons. The first kappa shape index (κ1) is 20.3. The van der Waals surface area contributed by atoms with Gasteiger partial charge in [-0.3, -0.25) is 0 Å². The lowest BCUT2D eigenvalue weighted by atomic mass is 9.42. The Kier molecular flexibility index (Phi) is 5.06. The molecule has 0 unspecified atom stereocenters. The van der Waals surface area contributed by atoms with Gasteiger partial charge < -0.3 is 10.4 Å². The Morgan fingerprint density at radius 2 is 1.69 bits per heavy atom. The normalized spacial score (nSPS) is 50.9. The van der Waals surface area contributed by atoms with Gasteiger partial charge in [-0.05, 0) is 112 Å². The monoisotopic (exact) mass is 397 g/mol. The molecule has 5 rings (SSSR count). The number of rotatable bonds is 2.